The van der Waals surface area contributed by atoms with Crippen molar-refractivity contribution in [2.24, 2.45) is 0 Å². The summed E-state index contributed by atoms with van der Waals surface area (Å²) in [7, 11) is 0. The van der Waals surface area contributed by atoms with E-state index >= 15 is 0 Å². The number of nitrogens with zero attached hydrogens (tertiary/aromatic N) is 2. The van der Waals surface area contributed by atoms with Crippen LogP contribution in [0.15, 0.2) is 21.3 Å². The second kappa shape index (κ2) is 9.68. The van der Waals surface area contributed by atoms with Crippen LogP contribution in [0.1, 0.15) is 50.8 Å². The Hall–Kier alpha value is -1.73. The second-order valence-corrected chi connectivity index (χ2v) is 7.14. The first-order chi connectivity index (χ1) is 12.3. The zero-order valence-corrected chi connectivity index (χ0v) is 15.2. The maximum absolute atomic E-state index is 11.9. The van der Waals surface area contributed by atoms with E-state index in [0.29, 0.717) is 37.2 Å². The fourth-order valence-electron chi connectivity index (χ4n) is 2.96. The predicted molar refractivity (Wildman–Crippen MR) is 96.4 cm³/mol. The maximum Gasteiger partial charge on any atom is 0.227 e. The van der Waals surface area contributed by atoms with Crippen LogP contribution in [-0.2, 0) is 16.0 Å². The van der Waals surface area contributed by atoms with E-state index in [9.17, 15) is 4.79 Å². The van der Waals surface area contributed by atoms with Gasteiger partial charge in [-0.05, 0) is 30.7 Å². The number of aromatic nitrogens is 2. The Kier molecular flexibility index (Phi) is 6.99. The zero-order valence-electron chi connectivity index (χ0n) is 14.4. The molecule has 1 saturated carbocycles. The van der Waals surface area contributed by atoms with Crippen molar-refractivity contribution < 1.29 is 14.1 Å². The lowest BCUT2D eigenvalue weighted by Gasteiger charge is -2.21. The molecule has 3 rings (SSSR count). The van der Waals surface area contributed by atoms with E-state index in [2.05, 4.69) is 15.5 Å². The van der Waals surface area contributed by atoms with E-state index < -0.39 is 0 Å². The number of rotatable bonds is 9. The normalized spacial score (nSPS) is 15.4. The van der Waals surface area contributed by atoms with E-state index in [1.165, 1.54) is 32.1 Å². The molecule has 2 heterocycles. The molecular weight excluding hydrogens is 338 g/mol. The molecule has 1 N–H and O–H groups in total. The highest BCUT2D eigenvalue weighted by Gasteiger charge is 2.13. The molecule has 0 aromatic carbocycles. The van der Waals surface area contributed by atoms with Gasteiger partial charge in [-0.3, -0.25) is 4.79 Å². The number of hydrogen-bond acceptors (Lipinski definition) is 6. The number of thiophene rings is 1. The lowest BCUT2D eigenvalue weighted by atomic mass is 9.98. The molecule has 2 aromatic heterocycles. The first-order valence-corrected chi connectivity index (χ1v) is 9.99. The fourth-order valence-corrected chi connectivity index (χ4v) is 3.59. The summed E-state index contributed by atoms with van der Waals surface area (Å²) in [5, 5.41) is 10.8. The van der Waals surface area contributed by atoms with Crippen molar-refractivity contribution in [1.29, 1.82) is 0 Å². The van der Waals surface area contributed by atoms with Crippen molar-refractivity contribution in [3.05, 3.63) is 22.7 Å². The van der Waals surface area contributed by atoms with Crippen LogP contribution < -0.4 is 5.32 Å². The predicted octanol–water partition coefficient (Wildman–Crippen LogP) is 3.59. The van der Waals surface area contributed by atoms with Gasteiger partial charge in [0.05, 0.1) is 6.10 Å². The highest BCUT2D eigenvalue weighted by Crippen LogP contribution is 2.20. The molecule has 1 amide bonds. The molecule has 0 radical (unpaired) electrons. The molecule has 0 bridgehead atoms. The van der Waals surface area contributed by atoms with Crippen LogP contribution in [0.2, 0.25) is 0 Å². The van der Waals surface area contributed by atoms with Gasteiger partial charge in [-0.25, -0.2) is 0 Å². The van der Waals surface area contributed by atoms with Gasteiger partial charge in [0, 0.05) is 36.9 Å². The molecule has 1 aliphatic carbocycles. The van der Waals surface area contributed by atoms with Gasteiger partial charge in [-0.2, -0.15) is 16.3 Å². The van der Waals surface area contributed by atoms with Crippen LogP contribution in [0.4, 0.5) is 0 Å². The second-order valence-electron chi connectivity index (χ2n) is 6.36. The first kappa shape index (κ1) is 18.1. The van der Waals surface area contributed by atoms with Gasteiger partial charge in [-0.1, -0.05) is 24.4 Å². The van der Waals surface area contributed by atoms with E-state index in [0.717, 1.165) is 18.6 Å². The zero-order chi connectivity index (χ0) is 17.3. The minimum Gasteiger partial charge on any atom is -0.378 e. The first-order valence-electron chi connectivity index (χ1n) is 9.05. The number of carbonyl (C=O) groups excluding carboxylic acids is 1. The van der Waals surface area contributed by atoms with Crippen molar-refractivity contribution in [3.8, 4) is 11.4 Å². The van der Waals surface area contributed by atoms with Gasteiger partial charge in [0.15, 0.2) is 0 Å². The molecule has 0 unspecified atom stereocenters. The molecule has 1 fully saturated rings. The smallest absolute Gasteiger partial charge is 0.227 e. The standard InChI is InChI=1S/C18H25N3O3S/c22-16(19-10-4-11-23-15-5-2-1-3-6-15)7-8-17-20-18(21-24-17)14-9-12-25-13-14/h9,12-13,15H,1-8,10-11H2,(H,19,22). The number of carbonyl (C=O) groups is 1. The van der Waals surface area contributed by atoms with E-state index in [4.69, 9.17) is 9.26 Å². The fraction of sp³-hybridized carbons (Fsp3) is 0.611. The van der Waals surface area contributed by atoms with E-state index in [1.54, 1.807) is 11.3 Å². The average Bonchev–Trinajstić information content (AvgIpc) is 3.32. The summed E-state index contributed by atoms with van der Waals surface area (Å²) in [4.78, 5) is 16.2. The summed E-state index contributed by atoms with van der Waals surface area (Å²) in [6.45, 7) is 1.37. The molecule has 1 aliphatic rings. The minimum absolute atomic E-state index is 0.00736. The number of nitrogens with one attached hydrogen (secondary N) is 1. The van der Waals surface area contributed by atoms with Crippen molar-refractivity contribution in [2.75, 3.05) is 13.2 Å². The third-order valence-corrected chi connectivity index (χ3v) is 5.05. The van der Waals surface area contributed by atoms with Crippen LogP contribution >= 0.6 is 11.3 Å². The third kappa shape index (κ3) is 5.93. The largest absolute Gasteiger partial charge is 0.378 e. The molecule has 0 atom stereocenters. The van der Waals surface area contributed by atoms with Crippen LogP contribution in [0.5, 0.6) is 0 Å². The van der Waals surface area contributed by atoms with Crippen LogP contribution in [0.25, 0.3) is 11.4 Å². The highest BCUT2D eigenvalue weighted by atomic mass is 32.1. The number of amides is 1. The Balaban J connectivity index is 1.27. The average molecular weight is 363 g/mol. The lowest BCUT2D eigenvalue weighted by Crippen LogP contribution is -2.26. The van der Waals surface area contributed by atoms with Crippen molar-refractivity contribution >= 4 is 17.2 Å². The van der Waals surface area contributed by atoms with Crippen molar-refractivity contribution in [2.45, 2.75) is 57.5 Å². The molecule has 0 spiro atoms. The van der Waals surface area contributed by atoms with E-state index in [-0.39, 0.29) is 5.91 Å². The van der Waals surface area contributed by atoms with E-state index in [1.807, 2.05) is 16.8 Å². The van der Waals surface area contributed by atoms with Gasteiger partial charge in [0.25, 0.3) is 0 Å². The summed E-state index contributed by atoms with van der Waals surface area (Å²) in [5.74, 6) is 1.08. The summed E-state index contributed by atoms with van der Waals surface area (Å²) in [5.41, 5.74) is 0.947. The topological polar surface area (TPSA) is 77.2 Å². The van der Waals surface area contributed by atoms with Gasteiger partial charge < -0.3 is 14.6 Å². The molecule has 0 aliphatic heterocycles. The Morgan fingerprint density at radius 1 is 1.36 bits per heavy atom. The van der Waals surface area contributed by atoms with Crippen molar-refractivity contribution in [3.63, 3.8) is 0 Å². The SMILES string of the molecule is O=C(CCc1nc(-c2ccsc2)no1)NCCCOC1CCCCC1. The van der Waals surface area contributed by atoms with Crippen molar-refractivity contribution in [1.82, 2.24) is 15.5 Å². The monoisotopic (exact) mass is 363 g/mol. The number of ether oxygens (including phenoxy) is 1. The Morgan fingerprint density at radius 2 is 2.24 bits per heavy atom. The Bertz CT molecular complexity index is 636. The number of hydrogen-bond donors (Lipinski definition) is 1. The van der Waals surface area contributed by atoms with Gasteiger partial charge in [0.2, 0.25) is 17.6 Å². The van der Waals surface area contributed by atoms with Gasteiger partial charge in [0.1, 0.15) is 0 Å². The summed E-state index contributed by atoms with van der Waals surface area (Å²) < 4.78 is 11.0. The molecular formula is C18H25N3O3S. The lowest BCUT2D eigenvalue weighted by molar-refractivity contribution is -0.121. The molecule has 0 saturated heterocycles. The maximum atomic E-state index is 11.9. The van der Waals surface area contributed by atoms with Gasteiger partial charge in [-0.15, -0.1) is 0 Å². The number of aryl methyl sites for hydroxylation is 1. The molecule has 6 nitrogen and oxygen atoms in total. The molecule has 25 heavy (non-hydrogen) atoms. The third-order valence-electron chi connectivity index (χ3n) is 4.36. The minimum atomic E-state index is 0.00736. The summed E-state index contributed by atoms with van der Waals surface area (Å²) in [6.07, 6.45) is 8.37. The summed E-state index contributed by atoms with van der Waals surface area (Å²) in [6, 6.07) is 1.95. The Labute approximate surface area is 152 Å². The van der Waals surface area contributed by atoms with Crippen LogP contribution in [0.3, 0.4) is 0 Å². The highest BCUT2D eigenvalue weighted by molar-refractivity contribution is 7.08. The molecule has 7 heteroatoms. The van der Waals surface area contributed by atoms with Gasteiger partial charge >= 0.3 is 0 Å². The van der Waals surface area contributed by atoms with Crippen LogP contribution in [-0.4, -0.2) is 35.3 Å². The molecule has 136 valence electrons. The Morgan fingerprint density at radius 3 is 3.04 bits per heavy atom. The van der Waals surface area contributed by atoms with Crippen LogP contribution in [0, 0.1) is 0 Å². The molecule has 2 aromatic rings. The summed E-state index contributed by atoms with van der Waals surface area (Å²) >= 11 is 1.59. The quantitative estimate of drug-likeness (QED) is 0.689.